The van der Waals surface area contributed by atoms with Crippen molar-refractivity contribution in [1.82, 2.24) is 4.68 Å². The first kappa shape index (κ1) is 24.0. The minimum absolute atomic E-state index is 0.0218. The van der Waals surface area contributed by atoms with Gasteiger partial charge >= 0.3 is 0 Å². The third kappa shape index (κ3) is 5.42. The Kier molecular flexibility index (Phi) is 7.29. The van der Waals surface area contributed by atoms with E-state index in [1.54, 1.807) is 13.3 Å². The lowest BCUT2D eigenvalue weighted by molar-refractivity contribution is -0.118. The Balaban J connectivity index is 1.54. The van der Waals surface area contributed by atoms with Crippen LogP contribution in [0.15, 0.2) is 86.7 Å². The zero-order valence-corrected chi connectivity index (χ0v) is 21.9. The van der Waals surface area contributed by atoms with E-state index < -0.39 is 0 Å². The molecule has 1 amide bonds. The summed E-state index contributed by atoms with van der Waals surface area (Å²) in [6.45, 7) is 0.655. The highest BCUT2D eigenvalue weighted by molar-refractivity contribution is 9.10. The van der Waals surface area contributed by atoms with E-state index in [9.17, 15) is 4.79 Å². The van der Waals surface area contributed by atoms with Crippen molar-refractivity contribution in [2.45, 2.75) is 6.42 Å². The molecular formula is C27H23BrN4O3S. The highest BCUT2D eigenvalue weighted by Gasteiger charge is 2.18. The predicted octanol–water partition coefficient (Wildman–Crippen LogP) is 5.34. The number of nitrogens with one attached hydrogen (secondary N) is 1. The summed E-state index contributed by atoms with van der Waals surface area (Å²) in [5, 5.41) is 9.70. The van der Waals surface area contributed by atoms with Gasteiger partial charge < -0.3 is 14.8 Å². The Morgan fingerprint density at radius 1 is 1.17 bits per heavy atom. The zero-order chi connectivity index (χ0) is 24.9. The van der Waals surface area contributed by atoms with E-state index in [1.807, 2.05) is 64.7 Å². The summed E-state index contributed by atoms with van der Waals surface area (Å²) in [5.74, 6) is 1.19. The summed E-state index contributed by atoms with van der Waals surface area (Å²) in [7, 11) is 1.64. The number of nitrogens with zero attached hydrogens (tertiary/aromatic N) is 3. The number of benzene rings is 3. The SMILES string of the molecule is COc1ccc(Br)cc1C=Nn1c(-c2ccc3c(c2)NC(=O)CO3)csc1=NCCc1ccccc1. The van der Waals surface area contributed by atoms with Crippen LogP contribution in [0.2, 0.25) is 0 Å². The number of thiazole rings is 1. The minimum atomic E-state index is -0.172. The van der Waals surface area contributed by atoms with Gasteiger partial charge in [0.2, 0.25) is 4.80 Å². The Bertz CT molecular complexity index is 1490. The largest absolute Gasteiger partial charge is 0.496 e. The molecule has 9 heteroatoms. The lowest BCUT2D eigenvalue weighted by Crippen LogP contribution is -2.25. The first-order valence-corrected chi connectivity index (χ1v) is 13.0. The number of halogens is 1. The topological polar surface area (TPSA) is 77.2 Å². The van der Waals surface area contributed by atoms with Crippen molar-refractivity contribution in [3.63, 3.8) is 0 Å². The number of ether oxygens (including phenoxy) is 2. The first-order chi connectivity index (χ1) is 17.6. The number of fused-ring (bicyclic) bond motifs is 1. The van der Waals surface area contributed by atoms with Gasteiger partial charge in [0.15, 0.2) is 6.61 Å². The third-order valence-electron chi connectivity index (χ3n) is 5.59. The van der Waals surface area contributed by atoms with Crippen molar-refractivity contribution >= 4 is 45.1 Å². The van der Waals surface area contributed by atoms with E-state index in [4.69, 9.17) is 19.6 Å². The Hall–Kier alpha value is -3.69. The molecule has 1 aliphatic heterocycles. The molecule has 0 fully saturated rings. The Morgan fingerprint density at radius 3 is 2.86 bits per heavy atom. The van der Waals surface area contributed by atoms with Gasteiger partial charge in [0.1, 0.15) is 11.5 Å². The quantitative estimate of drug-likeness (QED) is 0.309. The molecule has 5 rings (SSSR count). The van der Waals surface area contributed by atoms with E-state index >= 15 is 0 Å². The van der Waals surface area contributed by atoms with Gasteiger partial charge in [-0.2, -0.15) is 5.10 Å². The molecule has 0 bridgehead atoms. The summed E-state index contributed by atoms with van der Waals surface area (Å²) in [6, 6.07) is 21.8. The maximum atomic E-state index is 11.8. The van der Waals surface area contributed by atoms with Gasteiger partial charge in [-0.05, 0) is 48.4 Å². The van der Waals surface area contributed by atoms with Gasteiger partial charge in [-0.1, -0.05) is 46.3 Å². The number of methoxy groups -OCH3 is 1. The van der Waals surface area contributed by atoms with Gasteiger partial charge in [0.25, 0.3) is 5.91 Å². The van der Waals surface area contributed by atoms with Crippen LogP contribution in [0.4, 0.5) is 5.69 Å². The summed E-state index contributed by atoms with van der Waals surface area (Å²) in [4.78, 5) is 17.5. The summed E-state index contributed by atoms with van der Waals surface area (Å²) < 4.78 is 13.8. The number of hydrogen-bond acceptors (Lipinski definition) is 6. The van der Waals surface area contributed by atoms with E-state index in [0.29, 0.717) is 18.0 Å². The Labute approximate surface area is 220 Å². The second-order valence-corrected chi connectivity index (χ2v) is 9.76. The molecule has 4 aromatic rings. The monoisotopic (exact) mass is 562 g/mol. The zero-order valence-electron chi connectivity index (χ0n) is 19.5. The van der Waals surface area contributed by atoms with Crippen LogP contribution in [0.1, 0.15) is 11.1 Å². The fourth-order valence-corrected chi connectivity index (χ4v) is 5.05. The summed E-state index contributed by atoms with van der Waals surface area (Å²) in [5.41, 5.74) is 4.45. The molecule has 1 aliphatic rings. The van der Waals surface area contributed by atoms with Gasteiger partial charge in [0, 0.05) is 27.5 Å². The molecule has 0 radical (unpaired) electrons. The van der Waals surface area contributed by atoms with Crippen LogP contribution in [-0.2, 0) is 11.2 Å². The minimum Gasteiger partial charge on any atom is -0.496 e. The number of hydrogen-bond donors (Lipinski definition) is 1. The third-order valence-corrected chi connectivity index (χ3v) is 6.94. The molecule has 0 saturated heterocycles. The molecule has 36 heavy (non-hydrogen) atoms. The smallest absolute Gasteiger partial charge is 0.262 e. The number of carbonyl (C=O) groups is 1. The molecule has 0 unspecified atom stereocenters. The highest BCUT2D eigenvalue weighted by atomic mass is 79.9. The van der Waals surface area contributed by atoms with Gasteiger partial charge in [0.05, 0.1) is 24.7 Å². The molecule has 0 aliphatic carbocycles. The van der Waals surface area contributed by atoms with Crippen molar-refractivity contribution in [3.8, 4) is 22.8 Å². The summed E-state index contributed by atoms with van der Waals surface area (Å²) >= 11 is 5.04. The molecule has 182 valence electrons. The van der Waals surface area contributed by atoms with Crippen molar-refractivity contribution in [3.05, 3.63) is 92.5 Å². The molecule has 1 aromatic heterocycles. The number of carbonyl (C=O) groups excluding carboxylic acids is 1. The van der Waals surface area contributed by atoms with E-state index in [2.05, 4.69) is 33.4 Å². The van der Waals surface area contributed by atoms with Crippen molar-refractivity contribution in [2.24, 2.45) is 10.1 Å². The maximum Gasteiger partial charge on any atom is 0.262 e. The van der Waals surface area contributed by atoms with Crippen molar-refractivity contribution < 1.29 is 14.3 Å². The second-order valence-electron chi connectivity index (χ2n) is 8.01. The van der Waals surface area contributed by atoms with E-state index in [1.165, 1.54) is 16.9 Å². The number of rotatable bonds is 7. The second kappa shape index (κ2) is 10.9. The average molecular weight is 563 g/mol. The van der Waals surface area contributed by atoms with Gasteiger partial charge in [-0.25, -0.2) is 4.68 Å². The summed E-state index contributed by atoms with van der Waals surface area (Å²) in [6.07, 6.45) is 2.60. The average Bonchev–Trinajstić information content (AvgIpc) is 3.30. The standard InChI is InChI=1S/C27H23BrN4O3S/c1-34-24-10-8-21(28)13-20(24)15-30-32-23(19-7-9-25-22(14-19)31-26(33)16-35-25)17-36-27(32)29-12-11-18-5-3-2-4-6-18/h2-10,13-15,17H,11-12,16H2,1H3,(H,31,33). The van der Waals surface area contributed by atoms with Crippen LogP contribution in [0.25, 0.3) is 11.3 Å². The van der Waals surface area contributed by atoms with Crippen LogP contribution in [0, 0.1) is 0 Å². The van der Waals surface area contributed by atoms with Crippen LogP contribution >= 0.6 is 27.3 Å². The molecule has 0 saturated carbocycles. The van der Waals surface area contributed by atoms with Crippen molar-refractivity contribution in [2.75, 3.05) is 25.6 Å². The number of aromatic nitrogens is 1. The molecule has 0 atom stereocenters. The molecule has 1 N–H and O–H groups in total. The molecule has 3 aromatic carbocycles. The fraction of sp³-hybridized carbons (Fsp3) is 0.148. The lowest BCUT2D eigenvalue weighted by Gasteiger charge is -2.18. The molecule has 0 spiro atoms. The number of amides is 1. The molecular weight excluding hydrogens is 540 g/mol. The molecule has 2 heterocycles. The fourth-order valence-electron chi connectivity index (χ4n) is 3.81. The van der Waals surface area contributed by atoms with Crippen LogP contribution < -0.4 is 19.6 Å². The van der Waals surface area contributed by atoms with Crippen LogP contribution in [-0.4, -0.2) is 37.1 Å². The Morgan fingerprint density at radius 2 is 2.03 bits per heavy atom. The van der Waals surface area contributed by atoms with Gasteiger partial charge in [-0.15, -0.1) is 11.3 Å². The van der Waals surface area contributed by atoms with E-state index in [-0.39, 0.29) is 12.5 Å². The maximum absolute atomic E-state index is 11.8. The normalized spacial score (nSPS) is 13.4. The van der Waals surface area contributed by atoms with Crippen LogP contribution in [0.5, 0.6) is 11.5 Å². The van der Waals surface area contributed by atoms with E-state index in [0.717, 1.165) is 38.3 Å². The van der Waals surface area contributed by atoms with Crippen molar-refractivity contribution in [1.29, 1.82) is 0 Å². The molecule has 7 nitrogen and oxygen atoms in total. The highest BCUT2D eigenvalue weighted by Crippen LogP contribution is 2.33. The number of anilines is 1. The van der Waals surface area contributed by atoms with Gasteiger partial charge in [-0.3, -0.25) is 9.79 Å². The predicted molar refractivity (Wildman–Crippen MR) is 146 cm³/mol. The lowest BCUT2D eigenvalue weighted by atomic mass is 10.1. The first-order valence-electron chi connectivity index (χ1n) is 11.3. The van der Waals surface area contributed by atoms with Crippen LogP contribution in [0.3, 0.4) is 0 Å².